The van der Waals surface area contributed by atoms with Gasteiger partial charge < -0.3 is 20.2 Å². The number of piperidine rings is 1. The molecule has 3 fully saturated rings. The minimum absolute atomic E-state index is 0.0724. The van der Waals surface area contributed by atoms with E-state index in [0.717, 1.165) is 69.3 Å². The van der Waals surface area contributed by atoms with Crippen LogP contribution in [-0.2, 0) is 11.3 Å². The van der Waals surface area contributed by atoms with Crippen molar-refractivity contribution in [3.8, 4) is 0 Å². The van der Waals surface area contributed by atoms with E-state index in [1.54, 1.807) is 24.3 Å². The number of nitrogens with one attached hydrogen (secondary N) is 1. The number of halogens is 2. The quantitative estimate of drug-likeness (QED) is 0.368. The van der Waals surface area contributed by atoms with Crippen LogP contribution in [0.5, 0.6) is 0 Å². The number of carbonyl (C=O) groups is 2. The van der Waals surface area contributed by atoms with Crippen molar-refractivity contribution in [1.82, 2.24) is 20.0 Å². The van der Waals surface area contributed by atoms with Crippen molar-refractivity contribution in [2.75, 3.05) is 39.3 Å². The molecule has 2 N–H and O–H groups in total. The summed E-state index contributed by atoms with van der Waals surface area (Å²) in [4.78, 5) is 32.1. The van der Waals surface area contributed by atoms with Gasteiger partial charge >= 0.3 is 12.0 Å². The molecule has 234 valence electrons. The number of benzene rings is 2. The van der Waals surface area contributed by atoms with Crippen molar-refractivity contribution in [3.05, 3.63) is 71.3 Å². The van der Waals surface area contributed by atoms with Gasteiger partial charge in [-0.1, -0.05) is 43.5 Å². The first-order chi connectivity index (χ1) is 20.8. The van der Waals surface area contributed by atoms with Gasteiger partial charge in [0.25, 0.3) is 0 Å². The van der Waals surface area contributed by atoms with Crippen LogP contribution < -0.4 is 5.32 Å². The molecule has 2 heterocycles. The van der Waals surface area contributed by atoms with Gasteiger partial charge in [0.15, 0.2) is 0 Å². The van der Waals surface area contributed by atoms with Crippen LogP contribution in [0.1, 0.15) is 68.9 Å². The van der Waals surface area contributed by atoms with Gasteiger partial charge in [-0.2, -0.15) is 0 Å². The number of carbonyl (C=O) groups excluding carboxylic acids is 1. The third kappa shape index (κ3) is 7.92. The van der Waals surface area contributed by atoms with Gasteiger partial charge in [-0.3, -0.25) is 9.69 Å². The summed E-state index contributed by atoms with van der Waals surface area (Å²) in [7, 11) is 0. The lowest BCUT2D eigenvalue weighted by Crippen LogP contribution is -2.51. The molecule has 0 radical (unpaired) electrons. The molecule has 3 aliphatic rings. The second-order valence-electron chi connectivity index (χ2n) is 12.7. The maximum atomic E-state index is 14.3. The lowest BCUT2D eigenvalue weighted by molar-refractivity contribution is -0.145. The van der Waals surface area contributed by atoms with Crippen molar-refractivity contribution in [3.63, 3.8) is 0 Å². The summed E-state index contributed by atoms with van der Waals surface area (Å²) in [6.07, 6.45) is 7.00. The second-order valence-corrected chi connectivity index (χ2v) is 12.7. The molecule has 9 heteroatoms. The number of amides is 2. The van der Waals surface area contributed by atoms with Gasteiger partial charge in [0.05, 0.1) is 0 Å². The van der Waals surface area contributed by atoms with Crippen molar-refractivity contribution < 1.29 is 23.5 Å². The van der Waals surface area contributed by atoms with Gasteiger partial charge in [0.2, 0.25) is 0 Å². The van der Waals surface area contributed by atoms with Crippen LogP contribution in [0.3, 0.4) is 0 Å². The fraction of sp³-hybridized carbons (Fsp3) is 0.588. The lowest BCUT2D eigenvalue weighted by atomic mass is 9.83. The highest BCUT2D eigenvalue weighted by molar-refractivity contribution is 5.74. The molecule has 3 atom stereocenters. The standard InChI is InChI=1S/C34H46F2N4O3/c1-2-40(34(43)37-20-24-11-13-28(35)14-12-24)30-15-17-38(18-16-30)21-27-22-39(23-31(27)26-9-6-10-29(36)19-26)32(33(41)42)25-7-4-3-5-8-25/h6,9-14,19,25,27,30-32H,2-5,7-8,15-18,20-23H2,1H3,(H,37,43)(H,41,42)/t27-,31+,32+/m0/s1. The molecule has 2 aliphatic heterocycles. The van der Waals surface area contributed by atoms with Crippen LogP contribution in [-0.4, -0.2) is 83.2 Å². The van der Waals surface area contributed by atoms with E-state index >= 15 is 0 Å². The largest absolute Gasteiger partial charge is 0.480 e. The maximum Gasteiger partial charge on any atom is 0.321 e. The lowest BCUT2D eigenvalue weighted by Gasteiger charge is -2.39. The van der Waals surface area contributed by atoms with Crippen LogP contribution in [0.15, 0.2) is 48.5 Å². The number of nitrogens with zero attached hydrogens (tertiary/aromatic N) is 3. The molecule has 2 amide bonds. The van der Waals surface area contributed by atoms with E-state index in [-0.39, 0.29) is 41.5 Å². The summed E-state index contributed by atoms with van der Waals surface area (Å²) in [6.45, 7) is 6.81. The number of rotatable bonds is 10. The minimum atomic E-state index is -0.733. The Morgan fingerprint density at radius 1 is 0.977 bits per heavy atom. The van der Waals surface area contributed by atoms with Crippen molar-refractivity contribution >= 4 is 12.0 Å². The van der Waals surface area contributed by atoms with Crippen LogP contribution in [0.2, 0.25) is 0 Å². The van der Waals surface area contributed by atoms with Crippen LogP contribution in [0.25, 0.3) is 0 Å². The highest BCUT2D eigenvalue weighted by atomic mass is 19.1. The maximum absolute atomic E-state index is 14.3. The number of hydrogen-bond donors (Lipinski definition) is 2. The molecule has 2 aromatic carbocycles. The van der Waals surface area contributed by atoms with E-state index in [0.29, 0.717) is 26.2 Å². The Balaban J connectivity index is 1.21. The molecule has 1 saturated carbocycles. The topological polar surface area (TPSA) is 76.1 Å². The third-order valence-corrected chi connectivity index (χ3v) is 9.94. The van der Waals surface area contributed by atoms with E-state index in [2.05, 4.69) is 15.1 Å². The Morgan fingerprint density at radius 2 is 1.70 bits per heavy atom. The number of carboxylic acid groups (broad SMARTS) is 1. The second kappa shape index (κ2) is 14.6. The fourth-order valence-corrected chi connectivity index (χ4v) is 7.73. The first kappa shape index (κ1) is 31.4. The summed E-state index contributed by atoms with van der Waals surface area (Å²) in [5, 5.41) is 13.3. The molecule has 0 unspecified atom stereocenters. The molecule has 7 nitrogen and oxygen atoms in total. The molecular formula is C34H46F2N4O3. The van der Waals surface area contributed by atoms with E-state index in [1.807, 2.05) is 17.9 Å². The van der Waals surface area contributed by atoms with Gasteiger partial charge in [-0.05, 0) is 79.8 Å². The van der Waals surface area contributed by atoms with Crippen LogP contribution in [0, 0.1) is 23.5 Å². The number of hydrogen-bond acceptors (Lipinski definition) is 4. The van der Waals surface area contributed by atoms with Gasteiger partial charge in [0.1, 0.15) is 17.7 Å². The Labute approximate surface area is 254 Å². The van der Waals surface area contributed by atoms with E-state index in [4.69, 9.17) is 0 Å². The SMILES string of the molecule is CCN(C(=O)NCc1ccc(F)cc1)C1CCN(C[C@H]2CN([C@@H](C(=O)O)C3CCCCC3)C[C@@H]2c2cccc(F)c2)CC1. The van der Waals surface area contributed by atoms with Gasteiger partial charge in [0, 0.05) is 57.8 Å². The number of aliphatic carboxylic acids is 1. The van der Waals surface area contributed by atoms with E-state index in [1.165, 1.54) is 24.6 Å². The Morgan fingerprint density at radius 3 is 2.35 bits per heavy atom. The van der Waals surface area contributed by atoms with Crippen LogP contribution >= 0.6 is 0 Å². The average molecular weight is 597 g/mol. The molecule has 0 spiro atoms. The summed E-state index contributed by atoms with van der Waals surface area (Å²) in [5.41, 5.74) is 1.80. The van der Waals surface area contributed by atoms with Crippen molar-refractivity contribution in [1.29, 1.82) is 0 Å². The predicted molar refractivity (Wildman–Crippen MR) is 163 cm³/mol. The Bertz CT molecular complexity index is 1210. The molecule has 5 rings (SSSR count). The molecule has 2 saturated heterocycles. The fourth-order valence-electron chi connectivity index (χ4n) is 7.73. The average Bonchev–Trinajstić information content (AvgIpc) is 3.41. The summed E-state index contributed by atoms with van der Waals surface area (Å²) in [5.74, 6) is -0.842. The molecule has 1 aliphatic carbocycles. The normalized spacial score (nSPS) is 23.2. The number of likely N-dealkylation sites (tertiary alicyclic amines) is 2. The first-order valence-corrected chi connectivity index (χ1v) is 16.1. The van der Waals surface area contributed by atoms with Crippen LogP contribution in [0.4, 0.5) is 13.6 Å². The highest BCUT2D eigenvalue weighted by Gasteiger charge is 2.43. The van der Waals surface area contributed by atoms with E-state index < -0.39 is 12.0 Å². The molecule has 2 aromatic rings. The zero-order valence-electron chi connectivity index (χ0n) is 25.3. The van der Waals surface area contributed by atoms with E-state index in [9.17, 15) is 23.5 Å². The molecular weight excluding hydrogens is 550 g/mol. The summed E-state index contributed by atoms with van der Waals surface area (Å²) in [6, 6.07) is 12.5. The summed E-state index contributed by atoms with van der Waals surface area (Å²) >= 11 is 0. The van der Waals surface area contributed by atoms with Crippen molar-refractivity contribution in [2.24, 2.45) is 11.8 Å². The number of urea groups is 1. The Hall–Kier alpha value is -3.04. The molecule has 43 heavy (non-hydrogen) atoms. The molecule has 0 aromatic heterocycles. The zero-order chi connectivity index (χ0) is 30.3. The monoisotopic (exact) mass is 596 g/mol. The van der Waals surface area contributed by atoms with Gasteiger partial charge in [-0.15, -0.1) is 0 Å². The predicted octanol–water partition coefficient (Wildman–Crippen LogP) is 5.71. The highest BCUT2D eigenvalue weighted by Crippen LogP contribution is 2.39. The summed E-state index contributed by atoms with van der Waals surface area (Å²) < 4.78 is 27.5. The Kier molecular flexibility index (Phi) is 10.7. The first-order valence-electron chi connectivity index (χ1n) is 16.1. The molecule has 0 bridgehead atoms. The minimum Gasteiger partial charge on any atom is -0.480 e. The zero-order valence-corrected chi connectivity index (χ0v) is 25.3. The number of carboxylic acids is 1. The third-order valence-electron chi connectivity index (χ3n) is 9.94. The van der Waals surface area contributed by atoms with Gasteiger partial charge in [-0.25, -0.2) is 13.6 Å². The smallest absolute Gasteiger partial charge is 0.321 e. The van der Waals surface area contributed by atoms with Crippen molar-refractivity contribution in [2.45, 2.75) is 76.4 Å².